The molecule has 1 N–H and O–H groups in total. The second-order valence-electron chi connectivity index (χ2n) is 2.52. The van der Waals surface area contributed by atoms with Crippen molar-refractivity contribution in [3.8, 4) is 0 Å². The first-order valence-corrected chi connectivity index (χ1v) is 3.63. The van der Waals surface area contributed by atoms with Crippen molar-refractivity contribution in [1.82, 2.24) is 0 Å². The fraction of sp³-hybridized carbons (Fsp3) is 0.857. The lowest BCUT2D eigenvalue weighted by molar-refractivity contribution is -0.153. The van der Waals surface area contributed by atoms with Crippen LogP contribution in [-0.2, 0) is 9.53 Å². The maximum Gasteiger partial charge on any atom is 0.308 e. The van der Waals surface area contributed by atoms with Crippen LogP contribution in [0.25, 0.3) is 0 Å². The van der Waals surface area contributed by atoms with Crippen LogP contribution in [0, 0.1) is 0 Å². The number of carbonyl (C=O) groups is 1. The summed E-state index contributed by atoms with van der Waals surface area (Å²) in [7, 11) is 0. The lowest BCUT2D eigenvalue weighted by Crippen LogP contribution is -2.25. The molecule has 0 amide bonds. The molecule has 3 heteroatoms. The van der Waals surface area contributed by atoms with Crippen molar-refractivity contribution in [2.45, 2.75) is 31.8 Å². The summed E-state index contributed by atoms with van der Waals surface area (Å²) in [6, 6.07) is 0. The molecule has 0 bridgehead atoms. The van der Waals surface area contributed by atoms with Gasteiger partial charge in [-0.1, -0.05) is 0 Å². The van der Waals surface area contributed by atoms with Crippen LogP contribution in [0.15, 0.2) is 0 Å². The van der Waals surface area contributed by atoms with Gasteiger partial charge in [-0.05, 0) is 19.3 Å². The molecule has 58 valence electrons. The van der Waals surface area contributed by atoms with Gasteiger partial charge in [-0.2, -0.15) is 0 Å². The van der Waals surface area contributed by atoms with E-state index in [1.54, 1.807) is 0 Å². The summed E-state index contributed by atoms with van der Waals surface area (Å²) in [6.07, 6.45) is 3.45. The van der Waals surface area contributed by atoms with E-state index in [-0.39, 0.29) is 25.1 Å². The van der Waals surface area contributed by atoms with E-state index in [1.807, 2.05) is 0 Å². The largest absolute Gasteiger partial charge is 0.462 e. The van der Waals surface area contributed by atoms with E-state index in [0.717, 1.165) is 19.3 Å². The number of hydrogen-bond acceptors (Lipinski definition) is 3. The van der Waals surface area contributed by atoms with E-state index in [2.05, 4.69) is 0 Å². The van der Waals surface area contributed by atoms with Gasteiger partial charge >= 0.3 is 5.97 Å². The molecule has 1 rings (SSSR count). The molecule has 0 aromatic carbocycles. The monoisotopic (exact) mass is 144 g/mol. The molecule has 0 unspecified atom stereocenters. The highest BCUT2D eigenvalue weighted by molar-refractivity contribution is 5.69. The first-order valence-electron chi connectivity index (χ1n) is 3.63. The SMILES string of the molecule is O=C(CCO)OC1CCC1. The Labute approximate surface area is 60.0 Å². The van der Waals surface area contributed by atoms with Crippen molar-refractivity contribution in [3.63, 3.8) is 0 Å². The van der Waals surface area contributed by atoms with Crippen LogP contribution in [-0.4, -0.2) is 23.8 Å². The van der Waals surface area contributed by atoms with Crippen molar-refractivity contribution in [2.24, 2.45) is 0 Å². The molecule has 0 aromatic rings. The van der Waals surface area contributed by atoms with Gasteiger partial charge < -0.3 is 9.84 Å². The van der Waals surface area contributed by atoms with Gasteiger partial charge in [0.25, 0.3) is 0 Å². The maximum absolute atomic E-state index is 10.7. The molecule has 1 aliphatic rings. The number of aliphatic hydroxyl groups excluding tert-OH is 1. The number of carbonyl (C=O) groups excluding carboxylic acids is 1. The molecule has 0 heterocycles. The lowest BCUT2D eigenvalue weighted by atomic mass is 9.96. The average Bonchev–Trinajstić information content (AvgIpc) is 1.80. The zero-order valence-electron chi connectivity index (χ0n) is 5.88. The summed E-state index contributed by atoms with van der Waals surface area (Å²) in [5.41, 5.74) is 0. The zero-order valence-corrected chi connectivity index (χ0v) is 5.88. The third-order valence-electron chi connectivity index (χ3n) is 1.67. The summed E-state index contributed by atoms with van der Waals surface area (Å²) in [4.78, 5) is 10.7. The summed E-state index contributed by atoms with van der Waals surface area (Å²) < 4.78 is 4.93. The summed E-state index contributed by atoms with van der Waals surface area (Å²) in [6.45, 7) is -0.106. The molecule has 1 fully saturated rings. The first kappa shape index (κ1) is 7.54. The van der Waals surface area contributed by atoms with Crippen LogP contribution in [0.4, 0.5) is 0 Å². The zero-order chi connectivity index (χ0) is 7.40. The van der Waals surface area contributed by atoms with Crippen molar-refractivity contribution >= 4 is 5.97 Å². The van der Waals surface area contributed by atoms with Crippen LogP contribution in [0.3, 0.4) is 0 Å². The second-order valence-corrected chi connectivity index (χ2v) is 2.52. The Bertz CT molecular complexity index is 118. The van der Waals surface area contributed by atoms with Crippen LogP contribution >= 0.6 is 0 Å². The fourth-order valence-electron chi connectivity index (χ4n) is 0.825. The minimum Gasteiger partial charge on any atom is -0.462 e. The molecule has 1 aliphatic carbocycles. The van der Waals surface area contributed by atoms with Gasteiger partial charge in [-0.15, -0.1) is 0 Å². The highest BCUT2D eigenvalue weighted by Gasteiger charge is 2.20. The minimum atomic E-state index is -0.271. The topological polar surface area (TPSA) is 46.5 Å². The van der Waals surface area contributed by atoms with E-state index in [0.29, 0.717) is 0 Å². The van der Waals surface area contributed by atoms with E-state index >= 15 is 0 Å². The third-order valence-corrected chi connectivity index (χ3v) is 1.67. The van der Waals surface area contributed by atoms with Gasteiger partial charge in [0.15, 0.2) is 0 Å². The molecule has 0 spiro atoms. The molecule has 0 aliphatic heterocycles. The Kier molecular flexibility index (Phi) is 2.68. The van der Waals surface area contributed by atoms with Crippen molar-refractivity contribution in [3.05, 3.63) is 0 Å². The van der Waals surface area contributed by atoms with E-state index in [4.69, 9.17) is 9.84 Å². The van der Waals surface area contributed by atoms with E-state index in [1.165, 1.54) is 0 Å². The van der Waals surface area contributed by atoms with Crippen LogP contribution in [0.1, 0.15) is 25.7 Å². The van der Waals surface area contributed by atoms with Crippen molar-refractivity contribution in [2.75, 3.05) is 6.61 Å². The molecule has 0 atom stereocenters. The fourth-order valence-corrected chi connectivity index (χ4v) is 0.825. The number of rotatable bonds is 3. The molecular formula is C7H12O3. The van der Waals surface area contributed by atoms with E-state index in [9.17, 15) is 4.79 Å². The van der Waals surface area contributed by atoms with Gasteiger partial charge in [0, 0.05) is 0 Å². The highest BCUT2D eigenvalue weighted by atomic mass is 16.5. The highest BCUT2D eigenvalue weighted by Crippen LogP contribution is 2.22. The second kappa shape index (κ2) is 3.56. The molecule has 1 saturated carbocycles. The van der Waals surface area contributed by atoms with Crippen molar-refractivity contribution in [1.29, 1.82) is 0 Å². The van der Waals surface area contributed by atoms with Crippen LogP contribution < -0.4 is 0 Å². The molecule has 0 radical (unpaired) electrons. The predicted molar refractivity (Wildman–Crippen MR) is 35.4 cm³/mol. The average molecular weight is 144 g/mol. The Morgan fingerprint density at radius 3 is 2.70 bits per heavy atom. The Morgan fingerprint density at radius 2 is 2.30 bits per heavy atom. The van der Waals surface area contributed by atoms with Gasteiger partial charge in [-0.3, -0.25) is 4.79 Å². The predicted octanol–water partition coefficient (Wildman–Crippen LogP) is 0.465. The summed E-state index contributed by atoms with van der Waals surface area (Å²) in [5, 5.41) is 8.34. The minimum absolute atomic E-state index is 0.106. The molecule has 0 aromatic heterocycles. The normalized spacial score (nSPS) is 18.1. The number of hydrogen-bond donors (Lipinski definition) is 1. The molecular weight excluding hydrogens is 132 g/mol. The smallest absolute Gasteiger partial charge is 0.308 e. The first-order chi connectivity index (χ1) is 4.83. The van der Waals surface area contributed by atoms with Gasteiger partial charge in [0.1, 0.15) is 6.10 Å². The molecule has 3 nitrogen and oxygen atoms in total. The Balaban J connectivity index is 2.05. The third kappa shape index (κ3) is 1.99. The standard InChI is InChI=1S/C7H12O3/c8-5-4-7(9)10-6-2-1-3-6/h6,8H,1-5H2. The van der Waals surface area contributed by atoms with Gasteiger partial charge in [-0.25, -0.2) is 0 Å². The quantitative estimate of drug-likeness (QED) is 0.585. The Morgan fingerprint density at radius 1 is 1.60 bits per heavy atom. The number of aliphatic hydroxyl groups is 1. The van der Waals surface area contributed by atoms with E-state index < -0.39 is 0 Å². The number of ether oxygens (including phenoxy) is 1. The number of esters is 1. The van der Waals surface area contributed by atoms with Gasteiger partial charge in [0.2, 0.25) is 0 Å². The van der Waals surface area contributed by atoms with Gasteiger partial charge in [0.05, 0.1) is 13.0 Å². The summed E-state index contributed by atoms with van der Waals surface area (Å²) >= 11 is 0. The van der Waals surface area contributed by atoms with Crippen molar-refractivity contribution < 1.29 is 14.6 Å². The molecule has 10 heavy (non-hydrogen) atoms. The Hall–Kier alpha value is -0.570. The summed E-state index contributed by atoms with van der Waals surface area (Å²) in [5.74, 6) is -0.271. The van der Waals surface area contributed by atoms with Crippen LogP contribution in [0.5, 0.6) is 0 Å². The maximum atomic E-state index is 10.7. The van der Waals surface area contributed by atoms with Crippen LogP contribution in [0.2, 0.25) is 0 Å². The lowest BCUT2D eigenvalue weighted by Gasteiger charge is -2.24. The molecule has 0 saturated heterocycles.